The Morgan fingerprint density at radius 3 is 2.77 bits per heavy atom. The normalized spacial score (nSPS) is 24.7. The molecule has 0 unspecified atom stereocenters. The Labute approximate surface area is 130 Å². The van der Waals surface area contributed by atoms with Crippen LogP contribution in [0.1, 0.15) is 50.5 Å². The highest BCUT2D eigenvalue weighted by Gasteiger charge is 2.43. The average Bonchev–Trinajstić information content (AvgIpc) is 2.47. The molecule has 1 saturated carbocycles. The number of nitrogens with zero attached hydrogens (tertiary/aromatic N) is 1. The molecular weight excluding hydrogens is 282 g/mol. The standard InChI is InChI=1S/C17H23NO4/c1-2-22-16(19)12-17(13-18(20)21)10-6-9-15(11-17)14-7-4-3-5-8-14/h3-5,7-8,15H,2,6,9-13H2,1H3/t15-,17+/m1/s1. The molecule has 0 amide bonds. The van der Waals surface area contributed by atoms with E-state index in [4.69, 9.17) is 4.74 Å². The summed E-state index contributed by atoms with van der Waals surface area (Å²) in [5.41, 5.74) is 0.632. The summed E-state index contributed by atoms with van der Waals surface area (Å²) in [6.07, 6.45) is 3.47. The number of rotatable bonds is 6. The van der Waals surface area contributed by atoms with Gasteiger partial charge in [0, 0.05) is 10.3 Å². The molecule has 120 valence electrons. The van der Waals surface area contributed by atoms with Gasteiger partial charge in [-0.15, -0.1) is 0 Å². The second-order valence-electron chi connectivity index (χ2n) is 6.18. The first-order chi connectivity index (χ1) is 10.5. The fourth-order valence-electron chi connectivity index (χ4n) is 3.61. The van der Waals surface area contributed by atoms with E-state index in [-0.39, 0.29) is 29.8 Å². The Morgan fingerprint density at radius 2 is 2.14 bits per heavy atom. The summed E-state index contributed by atoms with van der Waals surface area (Å²) < 4.78 is 5.03. The maximum atomic E-state index is 11.9. The van der Waals surface area contributed by atoms with Gasteiger partial charge in [0.25, 0.3) is 0 Å². The average molecular weight is 305 g/mol. The quantitative estimate of drug-likeness (QED) is 0.458. The van der Waals surface area contributed by atoms with E-state index in [1.807, 2.05) is 18.2 Å². The summed E-state index contributed by atoms with van der Waals surface area (Å²) in [6.45, 7) is 1.91. The number of benzene rings is 1. The molecule has 2 rings (SSSR count). The van der Waals surface area contributed by atoms with Crippen LogP contribution in [0.15, 0.2) is 30.3 Å². The second kappa shape index (κ2) is 7.38. The molecule has 1 aliphatic rings. The van der Waals surface area contributed by atoms with E-state index >= 15 is 0 Å². The highest BCUT2D eigenvalue weighted by molar-refractivity contribution is 5.70. The van der Waals surface area contributed by atoms with Crippen LogP contribution in [0.3, 0.4) is 0 Å². The smallest absolute Gasteiger partial charge is 0.306 e. The third-order valence-corrected chi connectivity index (χ3v) is 4.50. The number of hydrogen-bond acceptors (Lipinski definition) is 4. The lowest BCUT2D eigenvalue weighted by Crippen LogP contribution is -2.37. The van der Waals surface area contributed by atoms with Gasteiger partial charge in [0.2, 0.25) is 6.54 Å². The van der Waals surface area contributed by atoms with Crippen molar-refractivity contribution in [2.75, 3.05) is 13.2 Å². The predicted molar refractivity (Wildman–Crippen MR) is 83.2 cm³/mol. The van der Waals surface area contributed by atoms with E-state index in [0.29, 0.717) is 13.0 Å². The molecule has 2 atom stereocenters. The van der Waals surface area contributed by atoms with Crippen molar-refractivity contribution in [1.82, 2.24) is 0 Å². The molecule has 0 heterocycles. The van der Waals surface area contributed by atoms with E-state index < -0.39 is 5.41 Å². The Kier molecular flexibility index (Phi) is 5.52. The molecule has 1 fully saturated rings. The van der Waals surface area contributed by atoms with Gasteiger partial charge in [-0.3, -0.25) is 14.9 Å². The molecule has 1 aromatic carbocycles. The Bertz CT molecular complexity index is 517. The van der Waals surface area contributed by atoms with Crippen LogP contribution in [-0.4, -0.2) is 24.0 Å². The molecular formula is C17H23NO4. The molecule has 0 spiro atoms. The molecule has 1 aromatic rings. The van der Waals surface area contributed by atoms with E-state index in [0.717, 1.165) is 19.3 Å². The molecule has 0 bridgehead atoms. The first-order valence-corrected chi connectivity index (χ1v) is 7.87. The molecule has 0 N–H and O–H groups in total. The fourth-order valence-corrected chi connectivity index (χ4v) is 3.61. The topological polar surface area (TPSA) is 69.4 Å². The van der Waals surface area contributed by atoms with Gasteiger partial charge in [0.1, 0.15) is 0 Å². The van der Waals surface area contributed by atoms with Crippen LogP contribution in [0.2, 0.25) is 0 Å². The van der Waals surface area contributed by atoms with Crippen LogP contribution in [0.5, 0.6) is 0 Å². The molecule has 0 aromatic heterocycles. The highest BCUT2D eigenvalue weighted by atomic mass is 16.6. The Balaban J connectivity index is 2.17. The largest absolute Gasteiger partial charge is 0.466 e. The summed E-state index contributed by atoms with van der Waals surface area (Å²) in [5, 5.41) is 11.1. The van der Waals surface area contributed by atoms with Crippen molar-refractivity contribution in [3.63, 3.8) is 0 Å². The fraction of sp³-hybridized carbons (Fsp3) is 0.588. The van der Waals surface area contributed by atoms with Crippen LogP contribution in [0.4, 0.5) is 0 Å². The lowest BCUT2D eigenvalue weighted by atomic mass is 9.66. The van der Waals surface area contributed by atoms with Crippen molar-refractivity contribution in [1.29, 1.82) is 0 Å². The van der Waals surface area contributed by atoms with Gasteiger partial charge < -0.3 is 4.74 Å². The monoisotopic (exact) mass is 305 g/mol. The first-order valence-electron chi connectivity index (χ1n) is 7.87. The highest BCUT2D eigenvalue weighted by Crippen LogP contribution is 2.46. The van der Waals surface area contributed by atoms with Crippen molar-refractivity contribution in [3.05, 3.63) is 46.0 Å². The summed E-state index contributed by atoms with van der Waals surface area (Å²) in [7, 11) is 0. The lowest BCUT2D eigenvalue weighted by Gasteiger charge is -2.37. The third kappa shape index (κ3) is 4.29. The Hall–Kier alpha value is -1.91. The molecule has 5 heteroatoms. The minimum absolute atomic E-state index is 0.144. The van der Waals surface area contributed by atoms with Crippen LogP contribution in [-0.2, 0) is 9.53 Å². The number of esters is 1. The Morgan fingerprint density at radius 1 is 1.41 bits per heavy atom. The zero-order valence-corrected chi connectivity index (χ0v) is 13.0. The van der Waals surface area contributed by atoms with E-state index in [1.165, 1.54) is 5.56 Å². The first kappa shape index (κ1) is 16.5. The molecule has 5 nitrogen and oxygen atoms in total. The second-order valence-corrected chi connectivity index (χ2v) is 6.18. The van der Waals surface area contributed by atoms with E-state index in [2.05, 4.69) is 12.1 Å². The summed E-state index contributed by atoms with van der Waals surface area (Å²) in [5.74, 6) is -0.0395. The summed E-state index contributed by atoms with van der Waals surface area (Å²) in [4.78, 5) is 22.7. The van der Waals surface area contributed by atoms with Gasteiger partial charge in [-0.2, -0.15) is 0 Å². The van der Waals surface area contributed by atoms with Gasteiger partial charge in [-0.1, -0.05) is 36.8 Å². The van der Waals surface area contributed by atoms with Gasteiger partial charge in [0.05, 0.1) is 13.0 Å². The molecule has 0 aliphatic heterocycles. The zero-order chi connectivity index (χ0) is 16.0. The van der Waals surface area contributed by atoms with Crippen LogP contribution >= 0.6 is 0 Å². The number of hydrogen-bond donors (Lipinski definition) is 0. The maximum absolute atomic E-state index is 11.9. The van der Waals surface area contributed by atoms with Crippen LogP contribution in [0, 0.1) is 15.5 Å². The lowest BCUT2D eigenvalue weighted by molar-refractivity contribution is -0.499. The number of carbonyl (C=O) groups is 1. The minimum Gasteiger partial charge on any atom is -0.466 e. The van der Waals surface area contributed by atoms with E-state index in [9.17, 15) is 14.9 Å². The number of carbonyl (C=O) groups excluding carboxylic acids is 1. The van der Waals surface area contributed by atoms with Crippen molar-refractivity contribution < 1.29 is 14.5 Å². The van der Waals surface area contributed by atoms with Crippen LogP contribution in [0.25, 0.3) is 0 Å². The third-order valence-electron chi connectivity index (χ3n) is 4.50. The van der Waals surface area contributed by atoms with E-state index in [1.54, 1.807) is 6.92 Å². The summed E-state index contributed by atoms with van der Waals surface area (Å²) >= 11 is 0. The number of nitro groups is 1. The molecule has 22 heavy (non-hydrogen) atoms. The minimum atomic E-state index is -0.575. The summed E-state index contributed by atoms with van der Waals surface area (Å²) in [6, 6.07) is 10.1. The maximum Gasteiger partial charge on any atom is 0.306 e. The van der Waals surface area contributed by atoms with Gasteiger partial charge in [0.15, 0.2) is 0 Å². The van der Waals surface area contributed by atoms with Crippen molar-refractivity contribution in [3.8, 4) is 0 Å². The van der Waals surface area contributed by atoms with Crippen molar-refractivity contribution in [2.45, 2.75) is 44.9 Å². The SMILES string of the molecule is CCOC(=O)C[C@]1(C[N+](=O)[O-])CCC[C@@H](c2ccccc2)C1. The van der Waals surface area contributed by atoms with Crippen molar-refractivity contribution in [2.24, 2.45) is 5.41 Å². The van der Waals surface area contributed by atoms with Gasteiger partial charge in [-0.05, 0) is 37.7 Å². The van der Waals surface area contributed by atoms with Crippen LogP contribution < -0.4 is 0 Å². The number of ether oxygens (including phenoxy) is 1. The van der Waals surface area contributed by atoms with Crippen molar-refractivity contribution >= 4 is 5.97 Å². The van der Waals surface area contributed by atoms with Gasteiger partial charge >= 0.3 is 5.97 Å². The zero-order valence-electron chi connectivity index (χ0n) is 13.0. The molecule has 0 saturated heterocycles. The van der Waals surface area contributed by atoms with Gasteiger partial charge in [-0.25, -0.2) is 0 Å². The molecule has 1 aliphatic carbocycles. The predicted octanol–water partition coefficient (Wildman–Crippen LogP) is 3.56. The molecule has 0 radical (unpaired) electrons.